The van der Waals surface area contributed by atoms with Crippen LogP contribution in [0.1, 0.15) is 39.0 Å². The topological polar surface area (TPSA) is 68.5 Å². The summed E-state index contributed by atoms with van der Waals surface area (Å²) in [7, 11) is 3.63. The molecule has 0 radical (unpaired) electrons. The summed E-state index contributed by atoms with van der Waals surface area (Å²) < 4.78 is 10.2. The standard InChI is InChI=1S/C12H21N3O3/c1-6-17-11(16)9(7-8(2)3)10-13-12(14-18-10)15(4)5/h8-9H,6-7H2,1-5H3. The average Bonchev–Trinajstić information content (AvgIpc) is 2.75. The van der Waals surface area contributed by atoms with Gasteiger partial charge in [-0.1, -0.05) is 13.8 Å². The zero-order chi connectivity index (χ0) is 13.7. The highest BCUT2D eigenvalue weighted by molar-refractivity contribution is 5.76. The van der Waals surface area contributed by atoms with Crippen LogP contribution in [0.25, 0.3) is 0 Å². The van der Waals surface area contributed by atoms with Crippen LogP contribution in [0, 0.1) is 5.92 Å². The summed E-state index contributed by atoms with van der Waals surface area (Å²) in [5.41, 5.74) is 0. The van der Waals surface area contributed by atoms with Gasteiger partial charge in [0.2, 0.25) is 5.89 Å². The molecule has 0 saturated heterocycles. The number of carbonyl (C=O) groups excluding carboxylic acids is 1. The van der Waals surface area contributed by atoms with E-state index in [2.05, 4.69) is 10.1 Å². The summed E-state index contributed by atoms with van der Waals surface area (Å²) in [4.78, 5) is 17.8. The number of esters is 1. The van der Waals surface area contributed by atoms with E-state index in [0.717, 1.165) is 0 Å². The molecule has 0 amide bonds. The first-order valence-electron chi connectivity index (χ1n) is 6.13. The van der Waals surface area contributed by atoms with Crippen LogP contribution in [-0.4, -0.2) is 36.8 Å². The number of hydrogen-bond acceptors (Lipinski definition) is 6. The van der Waals surface area contributed by atoms with Crippen molar-refractivity contribution in [2.75, 3.05) is 25.6 Å². The molecule has 1 unspecified atom stereocenters. The maximum Gasteiger partial charge on any atom is 0.318 e. The van der Waals surface area contributed by atoms with Gasteiger partial charge < -0.3 is 14.2 Å². The first-order valence-corrected chi connectivity index (χ1v) is 6.13. The van der Waals surface area contributed by atoms with E-state index in [1.54, 1.807) is 11.8 Å². The van der Waals surface area contributed by atoms with Crippen LogP contribution in [-0.2, 0) is 9.53 Å². The SMILES string of the molecule is CCOC(=O)C(CC(C)C)c1nc(N(C)C)no1. The predicted octanol–water partition coefficient (Wildman–Crippen LogP) is 1.83. The van der Waals surface area contributed by atoms with Crippen molar-refractivity contribution in [3.63, 3.8) is 0 Å². The minimum Gasteiger partial charge on any atom is -0.465 e. The molecular formula is C12H21N3O3. The highest BCUT2D eigenvalue weighted by Gasteiger charge is 2.29. The van der Waals surface area contributed by atoms with E-state index >= 15 is 0 Å². The highest BCUT2D eigenvalue weighted by atomic mass is 16.5. The van der Waals surface area contributed by atoms with E-state index in [1.807, 2.05) is 27.9 Å². The quantitative estimate of drug-likeness (QED) is 0.722. The molecule has 0 aliphatic carbocycles. The number of aromatic nitrogens is 2. The van der Waals surface area contributed by atoms with Gasteiger partial charge in [0.25, 0.3) is 5.95 Å². The number of ether oxygens (including phenoxy) is 1. The fourth-order valence-electron chi connectivity index (χ4n) is 1.56. The fourth-order valence-corrected chi connectivity index (χ4v) is 1.56. The molecule has 0 N–H and O–H groups in total. The second-order valence-corrected chi connectivity index (χ2v) is 4.76. The van der Waals surface area contributed by atoms with Crippen LogP contribution in [0.2, 0.25) is 0 Å². The highest BCUT2D eigenvalue weighted by Crippen LogP contribution is 2.25. The summed E-state index contributed by atoms with van der Waals surface area (Å²) in [5.74, 6) is 0.342. The number of anilines is 1. The third kappa shape index (κ3) is 3.72. The maximum absolute atomic E-state index is 11.9. The molecule has 0 aliphatic heterocycles. The number of carbonyl (C=O) groups is 1. The Balaban J connectivity index is 2.90. The van der Waals surface area contributed by atoms with Crippen molar-refractivity contribution < 1.29 is 14.1 Å². The van der Waals surface area contributed by atoms with Gasteiger partial charge in [0.1, 0.15) is 5.92 Å². The smallest absolute Gasteiger partial charge is 0.318 e. The Labute approximate surface area is 107 Å². The number of nitrogens with zero attached hydrogens (tertiary/aromatic N) is 3. The zero-order valence-electron chi connectivity index (χ0n) is 11.6. The van der Waals surface area contributed by atoms with Gasteiger partial charge in [0.05, 0.1) is 6.61 Å². The van der Waals surface area contributed by atoms with Crippen molar-refractivity contribution in [1.82, 2.24) is 10.1 Å². The second kappa shape index (κ2) is 6.37. The summed E-state index contributed by atoms with van der Waals surface area (Å²) in [6, 6.07) is 0. The van der Waals surface area contributed by atoms with Crippen molar-refractivity contribution in [2.45, 2.75) is 33.1 Å². The molecule has 1 aromatic heterocycles. The average molecular weight is 255 g/mol. The molecule has 0 saturated carbocycles. The molecule has 18 heavy (non-hydrogen) atoms. The lowest BCUT2D eigenvalue weighted by atomic mass is 9.97. The first-order chi connectivity index (χ1) is 8.45. The van der Waals surface area contributed by atoms with Crippen molar-refractivity contribution >= 4 is 11.9 Å². The van der Waals surface area contributed by atoms with E-state index in [-0.39, 0.29) is 5.97 Å². The van der Waals surface area contributed by atoms with Crippen LogP contribution in [0.4, 0.5) is 5.95 Å². The molecule has 1 atom stereocenters. The Morgan fingerprint density at radius 2 is 2.11 bits per heavy atom. The van der Waals surface area contributed by atoms with Gasteiger partial charge in [-0.15, -0.1) is 0 Å². The summed E-state index contributed by atoms with van der Waals surface area (Å²) in [6.45, 7) is 6.20. The number of hydrogen-bond donors (Lipinski definition) is 0. The maximum atomic E-state index is 11.9. The van der Waals surface area contributed by atoms with Gasteiger partial charge in [-0.2, -0.15) is 4.98 Å². The van der Waals surface area contributed by atoms with Gasteiger partial charge in [0.15, 0.2) is 0 Å². The van der Waals surface area contributed by atoms with Gasteiger partial charge >= 0.3 is 5.97 Å². The normalized spacial score (nSPS) is 12.6. The van der Waals surface area contributed by atoms with Crippen LogP contribution in [0.5, 0.6) is 0 Å². The lowest BCUT2D eigenvalue weighted by Gasteiger charge is -2.13. The molecule has 1 heterocycles. The Bertz CT molecular complexity index is 388. The summed E-state index contributed by atoms with van der Waals surface area (Å²) in [6.07, 6.45) is 0.633. The van der Waals surface area contributed by atoms with Gasteiger partial charge in [-0.05, 0) is 24.4 Å². The minimum absolute atomic E-state index is 0.305. The van der Waals surface area contributed by atoms with E-state index in [9.17, 15) is 4.79 Å². The molecule has 0 aliphatic rings. The third-order valence-electron chi connectivity index (χ3n) is 2.41. The zero-order valence-corrected chi connectivity index (χ0v) is 11.6. The van der Waals surface area contributed by atoms with Crippen LogP contribution < -0.4 is 4.90 Å². The predicted molar refractivity (Wildman–Crippen MR) is 67.5 cm³/mol. The molecule has 6 heteroatoms. The van der Waals surface area contributed by atoms with Crippen molar-refractivity contribution in [2.24, 2.45) is 5.92 Å². The molecule has 1 rings (SSSR count). The molecule has 1 aromatic rings. The van der Waals surface area contributed by atoms with Crippen molar-refractivity contribution in [3.8, 4) is 0 Å². The minimum atomic E-state index is -0.480. The summed E-state index contributed by atoms with van der Waals surface area (Å²) >= 11 is 0. The monoisotopic (exact) mass is 255 g/mol. The molecule has 6 nitrogen and oxygen atoms in total. The van der Waals surface area contributed by atoms with Gasteiger partial charge in [-0.3, -0.25) is 4.79 Å². The van der Waals surface area contributed by atoms with Crippen LogP contribution >= 0.6 is 0 Å². The Morgan fingerprint density at radius 1 is 1.44 bits per heavy atom. The van der Waals surface area contributed by atoms with E-state index < -0.39 is 5.92 Å². The third-order valence-corrected chi connectivity index (χ3v) is 2.41. The Kier molecular flexibility index (Phi) is 5.12. The molecule has 102 valence electrons. The van der Waals surface area contributed by atoms with Gasteiger partial charge in [-0.25, -0.2) is 0 Å². The molecule has 0 spiro atoms. The fraction of sp³-hybridized carbons (Fsp3) is 0.750. The van der Waals surface area contributed by atoms with Crippen LogP contribution in [0.15, 0.2) is 4.52 Å². The second-order valence-electron chi connectivity index (χ2n) is 4.76. The largest absolute Gasteiger partial charge is 0.465 e. The summed E-state index contributed by atoms with van der Waals surface area (Å²) in [5, 5.41) is 3.82. The lowest BCUT2D eigenvalue weighted by molar-refractivity contribution is -0.146. The first kappa shape index (κ1) is 14.5. The molecular weight excluding hydrogens is 234 g/mol. The molecule has 0 aromatic carbocycles. The van der Waals surface area contributed by atoms with E-state index in [4.69, 9.17) is 9.26 Å². The van der Waals surface area contributed by atoms with E-state index in [0.29, 0.717) is 30.8 Å². The molecule has 0 bridgehead atoms. The lowest BCUT2D eigenvalue weighted by Crippen LogP contribution is -2.18. The van der Waals surface area contributed by atoms with Gasteiger partial charge in [0, 0.05) is 14.1 Å². The van der Waals surface area contributed by atoms with E-state index in [1.165, 1.54) is 0 Å². The Morgan fingerprint density at radius 3 is 2.56 bits per heavy atom. The molecule has 0 fully saturated rings. The van der Waals surface area contributed by atoms with Crippen molar-refractivity contribution in [3.05, 3.63) is 5.89 Å². The van der Waals surface area contributed by atoms with Crippen LogP contribution in [0.3, 0.4) is 0 Å². The van der Waals surface area contributed by atoms with Crippen molar-refractivity contribution in [1.29, 1.82) is 0 Å². The Hall–Kier alpha value is -1.59. The number of rotatable bonds is 6.